The zero-order valence-corrected chi connectivity index (χ0v) is 18.0. The van der Waals surface area contributed by atoms with E-state index < -0.39 is 12.0 Å². The number of piperazine rings is 1. The third kappa shape index (κ3) is 7.98. The number of hydrogen-bond acceptors (Lipinski definition) is 6. The second-order valence-corrected chi connectivity index (χ2v) is 7.28. The maximum absolute atomic E-state index is 12.3. The predicted octanol–water partition coefficient (Wildman–Crippen LogP) is 1.78. The molecule has 164 valence electrons. The van der Waals surface area contributed by atoms with Crippen LogP contribution in [0, 0.1) is 0 Å². The summed E-state index contributed by atoms with van der Waals surface area (Å²) in [5.74, 6) is -0.345. The maximum atomic E-state index is 12.3. The van der Waals surface area contributed by atoms with Crippen LogP contribution in [0.3, 0.4) is 0 Å². The summed E-state index contributed by atoms with van der Waals surface area (Å²) in [5, 5.41) is 5.55. The topological polar surface area (TPSA) is 97.0 Å². The monoisotopic (exact) mass is 435 g/mol. The summed E-state index contributed by atoms with van der Waals surface area (Å²) in [6, 6.07) is 8.38. The Kier molecular flexibility index (Phi) is 10.1. The number of hydrogen-bond donors (Lipinski definition) is 2. The number of benzene rings is 1. The maximum Gasteiger partial charge on any atom is 0.308 e. The quantitative estimate of drug-likeness (QED) is 0.328. The molecule has 1 heterocycles. The third-order valence-electron chi connectivity index (χ3n) is 4.56. The van der Waals surface area contributed by atoms with Crippen molar-refractivity contribution in [3.8, 4) is 5.75 Å². The molecule has 2 N–H and O–H groups in total. The van der Waals surface area contributed by atoms with Crippen LogP contribution >= 0.6 is 12.2 Å². The molecule has 0 bridgehead atoms. The van der Waals surface area contributed by atoms with Crippen molar-refractivity contribution in [2.45, 2.75) is 45.1 Å². The number of para-hydroxylation sites is 1. The van der Waals surface area contributed by atoms with Crippen molar-refractivity contribution in [1.82, 2.24) is 15.5 Å². The second-order valence-electron chi connectivity index (χ2n) is 6.90. The minimum absolute atomic E-state index is 0.0701. The fourth-order valence-electron chi connectivity index (χ4n) is 3.00. The molecule has 1 aromatic rings. The molecule has 0 saturated carbocycles. The van der Waals surface area contributed by atoms with Crippen molar-refractivity contribution in [2.24, 2.45) is 0 Å². The Morgan fingerprint density at radius 1 is 1.23 bits per heavy atom. The summed E-state index contributed by atoms with van der Waals surface area (Å²) in [5.41, 5.74) is 0. The lowest BCUT2D eigenvalue weighted by atomic mass is 10.1. The molecule has 1 aliphatic heterocycles. The van der Waals surface area contributed by atoms with Crippen LogP contribution in [0.4, 0.5) is 0 Å². The molecule has 1 unspecified atom stereocenters. The standard InChI is InChI=1S/C21H29N3O5S/c1-2-3-5-10-18(25)23-21(30)24-12-11-22-20(27)17(24)15-19(26)29-14-13-28-16-8-6-4-7-9-16/h4,6-9,17H,2-3,5,10-15H2,1H3,(H,22,27)(H,23,25,30). The number of carbonyl (C=O) groups excluding carboxylic acids is 3. The lowest BCUT2D eigenvalue weighted by molar-refractivity contribution is -0.148. The summed E-state index contributed by atoms with van der Waals surface area (Å²) in [7, 11) is 0. The van der Waals surface area contributed by atoms with Gasteiger partial charge in [-0.15, -0.1) is 0 Å². The molecular formula is C21H29N3O5S. The Balaban J connectivity index is 1.80. The molecule has 1 aromatic carbocycles. The van der Waals surface area contributed by atoms with Gasteiger partial charge in [-0.1, -0.05) is 38.0 Å². The molecule has 1 aliphatic rings. The smallest absolute Gasteiger partial charge is 0.308 e. The SMILES string of the molecule is CCCCCC(=O)NC(=S)N1CCNC(=O)C1CC(=O)OCCOc1ccccc1. The van der Waals surface area contributed by atoms with E-state index in [1.165, 1.54) is 0 Å². The molecule has 1 fully saturated rings. The van der Waals surface area contributed by atoms with Gasteiger partial charge in [0.1, 0.15) is 25.0 Å². The Morgan fingerprint density at radius 3 is 2.73 bits per heavy atom. The fraction of sp³-hybridized carbons (Fsp3) is 0.524. The Morgan fingerprint density at radius 2 is 2.00 bits per heavy atom. The minimum Gasteiger partial charge on any atom is -0.490 e. The average molecular weight is 436 g/mol. The molecule has 1 saturated heterocycles. The van der Waals surface area contributed by atoms with Crippen molar-refractivity contribution in [2.75, 3.05) is 26.3 Å². The van der Waals surface area contributed by atoms with Crippen molar-refractivity contribution in [3.05, 3.63) is 30.3 Å². The van der Waals surface area contributed by atoms with Gasteiger partial charge in [0.15, 0.2) is 5.11 Å². The number of thiocarbonyl (C=S) groups is 1. The van der Waals surface area contributed by atoms with Gasteiger partial charge in [0.2, 0.25) is 11.8 Å². The van der Waals surface area contributed by atoms with Crippen LogP contribution in [0.5, 0.6) is 5.75 Å². The van der Waals surface area contributed by atoms with Crippen LogP contribution in [-0.4, -0.2) is 60.1 Å². The summed E-state index contributed by atoms with van der Waals surface area (Å²) >= 11 is 5.31. The zero-order chi connectivity index (χ0) is 21.8. The van der Waals surface area contributed by atoms with E-state index in [9.17, 15) is 14.4 Å². The molecule has 0 aromatic heterocycles. The van der Waals surface area contributed by atoms with Crippen LogP contribution in [0.1, 0.15) is 39.0 Å². The number of nitrogens with one attached hydrogen (secondary N) is 2. The molecule has 0 aliphatic carbocycles. The van der Waals surface area contributed by atoms with E-state index in [-0.39, 0.29) is 36.6 Å². The number of carbonyl (C=O) groups is 3. The highest BCUT2D eigenvalue weighted by atomic mass is 32.1. The molecule has 8 nitrogen and oxygen atoms in total. The van der Waals surface area contributed by atoms with E-state index in [0.29, 0.717) is 25.3 Å². The zero-order valence-electron chi connectivity index (χ0n) is 17.2. The molecule has 0 radical (unpaired) electrons. The van der Waals surface area contributed by atoms with Crippen LogP contribution < -0.4 is 15.4 Å². The molecular weight excluding hydrogens is 406 g/mol. The lowest BCUT2D eigenvalue weighted by Gasteiger charge is -2.36. The van der Waals surface area contributed by atoms with Crippen molar-refractivity contribution >= 4 is 35.1 Å². The first-order chi connectivity index (χ1) is 14.5. The molecule has 30 heavy (non-hydrogen) atoms. The highest BCUT2D eigenvalue weighted by Crippen LogP contribution is 2.12. The van der Waals surface area contributed by atoms with Gasteiger partial charge in [-0.25, -0.2) is 0 Å². The number of nitrogens with zero attached hydrogens (tertiary/aromatic N) is 1. The summed E-state index contributed by atoms with van der Waals surface area (Å²) in [4.78, 5) is 38.1. The molecule has 0 spiro atoms. The van der Waals surface area contributed by atoms with E-state index in [1.807, 2.05) is 30.3 Å². The highest BCUT2D eigenvalue weighted by Gasteiger charge is 2.34. The van der Waals surface area contributed by atoms with Gasteiger partial charge in [-0.3, -0.25) is 14.4 Å². The highest BCUT2D eigenvalue weighted by molar-refractivity contribution is 7.80. The third-order valence-corrected chi connectivity index (χ3v) is 4.90. The van der Waals surface area contributed by atoms with Crippen molar-refractivity contribution in [1.29, 1.82) is 0 Å². The van der Waals surface area contributed by atoms with E-state index in [0.717, 1.165) is 19.3 Å². The van der Waals surface area contributed by atoms with Gasteiger partial charge in [0.25, 0.3) is 0 Å². The first-order valence-electron chi connectivity index (χ1n) is 10.2. The Bertz CT molecular complexity index is 729. The number of amides is 2. The Hall–Kier alpha value is -2.68. The second kappa shape index (κ2) is 12.8. The lowest BCUT2D eigenvalue weighted by Crippen LogP contribution is -2.60. The van der Waals surface area contributed by atoms with E-state index in [4.69, 9.17) is 21.7 Å². The number of esters is 1. The van der Waals surface area contributed by atoms with Crippen LogP contribution in [0.15, 0.2) is 30.3 Å². The first kappa shape index (κ1) is 23.6. The fourth-order valence-corrected chi connectivity index (χ4v) is 3.33. The van der Waals surface area contributed by atoms with E-state index in [1.54, 1.807) is 4.90 Å². The minimum atomic E-state index is -0.815. The molecule has 9 heteroatoms. The van der Waals surface area contributed by atoms with Gasteiger partial charge >= 0.3 is 5.97 Å². The van der Waals surface area contributed by atoms with Crippen LogP contribution in [-0.2, 0) is 19.1 Å². The summed E-state index contributed by atoms with van der Waals surface area (Å²) in [6.45, 7) is 3.14. The first-order valence-corrected chi connectivity index (χ1v) is 10.6. The van der Waals surface area contributed by atoms with Crippen molar-refractivity contribution in [3.63, 3.8) is 0 Å². The molecule has 2 amide bonds. The van der Waals surface area contributed by atoms with Crippen molar-refractivity contribution < 1.29 is 23.9 Å². The van der Waals surface area contributed by atoms with Crippen LogP contribution in [0.2, 0.25) is 0 Å². The van der Waals surface area contributed by atoms with E-state index >= 15 is 0 Å². The summed E-state index contributed by atoms with van der Waals surface area (Å²) in [6.07, 6.45) is 2.98. The molecule has 2 rings (SSSR count). The number of rotatable bonds is 10. The number of unbranched alkanes of at least 4 members (excludes halogenated alkanes) is 2. The van der Waals surface area contributed by atoms with Gasteiger partial charge in [0.05, 0.1) is 6.42 Å². The van der Waals surface area contributed by atoms with Crippen LogP contribution in [0.25, 0.3) is 0 Å². The normalized spacial score (nSPS) is 15.8. The van der Waals surface area contributed by atoms with E-state index in [2.05, 4.69) is 17.6 Å². The summed E-state index contributed by atoms with van der Waals surface area (Å²) < 4.78 is 10.7. The molecule has 1 atom stereocenters. The Labute approximate surface area is 182 Å². The number of ether oxygens (including phenoxy) is 2. The average Bonchev–Trinajstić information content (AvgIpc) is 2.73. The van der Waals surface area contributed by atoms with Gasteiger partial charge < -0.3 is 25.0 Å². The largest absolute Gasteiger partial charge is 0.490 e. The van der Waals surface area contributed by atoms with Gasteiger partial charge in [-0.05, 0) is 30.8 Å². The predicted molar refractivity (Wildman–Crippen MR) is 116 cm³/mol. The van der Waals surface area contributed by atoms with Gasteiger partial charge in [-0.2, -0.15) is 0 Å². The van der Waals surface area contributed by atoms with Gasteiger partial charge in [0, 0.05) is 19.5 Å².